The molecule has 0 unspecified atom stereocenters. The van der Waals surface area contributed by atoms with Crippen LogP contribution in [0.1, 0.15) is 5.56 Å². The number of urea groups is 1. The maximum Gasteiger partial charge on any atom is 0.319 e. The van der Waals surface area contributed by atoms with Gasteiger partial charge in [-0.3, -0.25) is 0 Å². The van der Waals surface area contributed by atoms with Crippen LogP contribution in [0.25, 0.3) is 0 Å². The second-order valence-corrected chi connectivity index (χ2v) is 4.82. The fourth-order valence-corrected chi connectivity index (χ4v) is 2.05. The third kappa shape index (κ3) is 4.88. The average molecular weight is 318 g/mol. The SMILES string of the molecule is COc1ccc(OC)c(NC(=O)NCCc2ccc(F)cc2)c1. The number of benzene rings is 2. The predicted octanol–water partition coefficient (Wildman–Crippen LogP) is 3.21. The van der Waals surface area contributed by atoms with Gasteiger partial charge in [0.2, 0.25) is 0 Å². The monoisotopic (exact) mass is 318 g/mol. The van der Waals surface area contributed by atoms with E-state index in [-0.39, 0.29) is 11.8 Å². The Kier molecular flexibility index (Phi) is 5.80. The molecule has 122 valence electrons. The van der Waals surface area contributed by atoms with Gasteiger partial charge in [-0.25, -0.2) is 9.18 Å². The molecule has 2 aromatic rings. The van der Waals surface area contributed by atoms with Crippen molar-refractivity contribution >= 4 is 11.7 Å². The van der Waals surface area contributed by atoms with Crippen LogP contribution in [0.3, 0.4) is 0 Å². The first-order valence-electron chi connectivity index (χ1n) is 7.13. The van der Waals surface area contributed by atoms with Gasteiger partial charge in [-0.05, 0) is 36.2 Å². The Morgan fingerprint density at radius 1 is 1.09 bits per heavy atom. The molecule has 2 aromatic carbocycles. The van der Waals surface area contributed by atoms with E-state index in [1.165, 1.54) is 19.2 Å². The fraction of sp³-hybridized carbons (Fsp3) is 0.235. The minimum Gasteiger partial charge on any atom is -0.497 e. The molecule has 2 N–H and O–H groups in total. The van der Waals surface area contributed by atoms with Crippen LogP contribution in [0.2, 0.25) is 0 Å². The lowest BCUT2D eigenvalue weighted by Gasteiger charge is -2.12. The minimum atomic E-state index is -0.348. The lowest BCUT2D eigenvalue weighted by atomic mass is 10.1. The Balaban J connectivity index is 1.88. The molecule has 0 bridgehead atoms. The van der Waals surface area contributed by atoms with Gasteiger partial charge in [-0.1, -0.05) is 12.1 Å². The minimum absolute atomic E-state index is 0.274. The van der Waals surface area contributed by atoms with Crippen molar-refractivity contribution in [2.75, 3.05) is 26.1 Å². The molecule has 0 fully saturated rings. The number of nitrogens with one attached hydrogen (secondary N) is 2. The first-order valence-corrected chi connectivity index (χ1v) is 7.13. The summed E-state index contributed by atoms with van der Waals surface area (Å²) in [6, 6.07) is 11.0. The molecule has 0 aliphatic carbocycles. The van der Waals surface area contributed by atoms with Gasteiger partial charge in [-0.15, -0.1) is 0 Å². The number of halogens is 1. The molecule has 0 atom stereocenters. The van der Waals surface area contributed by atoms with E-state index in [0.29, 0.717) is 30.2 Å². The number of carbonyl (C=O) groups is 1. The highest BCUT2D eigenvalue weighted by Gasteiger charge is 2.08. The molecule has 0 saturated heterocycles. The van der Waals surface area contributed by atoms with E-state index >= 15 is 0 Å². The normalized spacial score (nSPS) is 10.0. The van der Waals surface area contributed by atoms with E-state index in [4.69, 9.17) is 9.47 Å². The maximum atomic E-state index is 12.8. The zero-order chi connectivity index (χ0) is 16.7. The van der Waals surface area contributed by atoms with Crippen LogP contribution in [0.15, 0.2) is 42.5 Å². The highest BCUT2D eigenvalue weighted by Crippen LogP contribution is 2.28. The molecule has 0 aliphatic heterocycles. The predicted molar refractivity (Wildman–Crippen MR) is 86.7 cm³/mol. The maximum absolute atomic E-state index is 12.8. The van der Waals surface area contributed by atoms with E-state index in [2.05, 4.69) is 10.6 Å². The number of hydrogen-bond donors (Lipinski definition) is 2. The van der Waals surface area contributed by atoms with Gasteiger partial charge in [0.05, 0.1) is 19.9 Å². The van der Waals surface area contributed by atoms with Gasteiger partial charge in [0, 0.05) is 12.6 Å². The highest BCUT2D eigenvalue weighted by atomic mass is 19.1. The molecule has 23 heavy (non-hydrogen) atoms. The summed E-state index contributed by atoms with van der Waals surface area (Å²) in [6.45, 7) is 0.434. The highest BCUT2D eigenvalue weighted by molar-refractivity contribution is 5.91. The Bertz CT molecular complexity index is 659. The van der Waals surface area contributed by atoms with Gasteiger partial charge < -0.3 is 20.1 Å². The van der Waals surface area contributed by atoms with Crippen molar-refractivity contribution in [3.8, 4) is 11.5 Å². The molecule has 5 nitrogen and oxygen atoms in total. The van der Waals surface area contributed by atoms with Gasteiger partial charge in [0.15, 0.2) is 0 Å². The molecule has 0 heterocycles. The Morgan fingerprint density at radius 2 is 1.83 bits per heavy atom. The van der Waals surface area contributed by atoms with Crippen molar-refractivity contribution in [3.63, 3.8) is 0 Å². The summed E-state index contributed by atoms with van der Waals surface area (Å²) < 4.78 is 23.1. The molecule has 0 spiro atoms. The van der Waals surface area contributed by atoms with Gasteiger partial charge in [0.25, 0.3) is 0 Å². The number of rotatable bonds is 6. The van der Waals surface area contributed by atoms with Crippen molar-refractivity contribution in [2.24, 2.45) is 0 Å². The molecular weight excluding hydrogens is 299 g/mol. The van der Waals surface area contributed by atoms with Gasteiger partial charge in [-0.2, -0.15) is 0 Å². The smallest absolute Gasteiger partial charge is 0.319 e. The fourth-order valence-electron chi connectivity index (χ4n) is 2.05. The molecule has 0 saturated carbocycles. The van der Waals surface area contributed by atoms with Crippen LogP contribution >= 0.6 is 0 Å². The van der Waals surface area contributed by atoms with E-state index in [1.807, 2.05) is 0 Å². The van der Waals surface area contributed by atoms with Crippen LogP contribution in [0.5, 0.6) is 11.5 Å². The summed E-state index contributed by atoms with van der Waals surface area (Å²) in [4.78, 5) is 11.9. The van der Waals surface area contributed by atoms with Crippen molar-refractivity contribution in [1.82, 2.24) is 5.32 Å². The average Bonchev–Trinajstić information content (AvgIpc) is 2.56. The molecule has 2 rings (SSSR count). The largest absolute Gasteiger partial charge is 0.497 e. The summed E-state index contributed by atoms with van der Waals surface area (Å²) in [5, 5.41) is 5.46. The zero-order valence-electron chi connectivity index (χ0n) is 13.1. The first-order chi connectivity index (χ1) is 11.1. The molecule has 2 amide bonds. The summed E-state index contributed by atoms with van der Waals surface area (Å²) in [6.07, 6.45) is 0.614. The van der Waals surface area contributed by atoms with Crippen LogP contribution in [-0.2, 0) is 6.42 Å². The standard InChI is InChI=1S/C17H19FN2O3/c1-22-14-7-8-16(23-2)15(11-14)20-17(21)19-10-9-12-3-5-13(18)6-4-12/h3-8,11H,9-10H2,1-2H3,(H2,19,20,21). The van der Waals surface area contributed by atoms with Crippen LogP contribution in [0, 0.1) is 5.82 Å². The summed E-state index contributed by atoms with van der Waals surface area (Å²) >= 11 is 0. The number of hydrogen-bond acceptors (Lipinski definition) is 3. The van der Waals surface area contributed by atoms with Crippen LogP contribution in [0.4, 0.5) is 14.9 Å². The van der Waals surface area contributed by atoms with Gasteiger partial charge in [0.1, 0.15) is 17.3 Å². The Hall–Kier alpha value is -2.76. The topological polar surface area (TPSA) is 59.6 Å². The molecule has 6 heteroatoms. The Labute approximate surface area is 134 Å². The number of anilines is 1. The summed E-state index contributed by atoms with van der Waals surface area (Å²) in [5.74, 6) is 0.886. The van der Waals surface area contributed by atoms with Crippen molar-refractivity contribution in [1.29, 1.82) is 0 Å². The first kappa shape index (κ1) is 16.6. The number of amides is 2. The zero-order valence-corrected chi connectivity index (χ0v) is 13.1. The van der Waals surface area contributed by atoms with E-state index in [0.717, 1.165) is 5.56 Å². The molecule has 0 radical (unpaired) electrons. The molecular formula is C17H19FN2O3. The van der Waals surface area contributed by atoms with Crippen LogP contribution < -0.4 is 20.1 Å². The number of methoxy groups -OCH3 is 2. The third-order valence-electron chi connectivity index (χ3n) is 3.27. The summed E-state index contributed by atoms with van der Waals surface area (Å²) in [5.41, 5.74) is 1.47. The van der Waals surface area contributed by atoms with Crippen LogP contribution in [-0.4, -0.2) is 26.8 Å². The second-order valence-electron chi connectivity index (χ2n) is 4.82. The molecule has 0 aliphatic rings. The number of carbonyl (C=O) groups excluding carboxylic acids is 1. The van der Waals surface area contributed by atoms with E-state index in [9.17, 15) is 9.18 Å². The lowest BCUT2D eigenvalue weighted by Crippen LogP contribution is -2.30. The number of ether oxygens (including phenoxy) is 2. The second kappa shape index (κ2) is 8.03. The molecule has 0 aromatic heterocycles. The van der Waals surface area contributed by atoms with Crippen molar-refractivity contribution in [3.05, 3.63) is 53.8 Å². The third-order valence-corrected chi connectivity index (χ3v) is 3.27. The summed E-state index contributed by atoms with van der Waals surface area (Å²) in [7, 11) is 3.08. The van der Waals surface area contributed by atoms with Gasteiger partial charge >= 0.3 is 6.03 Å². The van der Waals surface area contributed by atoms with E-state index in [1.54, 1.807) is 37.4 Å². The van der Waals surface area contributed by atoms with Crippen molar-refractivity contribution in [2.45, 2.75) is 6.42 Å². The van der Waals surface area contributed by atoms with Crippen molar-refractivity contribution < 1.29 is 18.7 Å². The quantitative estimate of drug-likeness (QED) is 0.860. The van der Waals surface area contributed by atoms with E-state index < -0.39 is 0 Å². The Morgan fingerprint density at radius 3 is 2.48 bits per heavy atom. The lowest BCUT2D eigenvalue weighted by molar-refractivity contribution is 0.252.